The number of halogens is 1. The summed E-state index contributed by atoms with van der Waals surface area (Å²) in [5.41, 5.74) is 0.654. The molecule has 18 heavy (non-hydrogen) atoms. The smallest absolute Gasteiger partial charge is 0.126 e. The molecule has 2 heterocycles. The molecule has 0 spiro atoms. The number of ether oxygens (including phenoxy) is 1. The van der Waals surface area contributed by atoms with Gasteiger partial charge in [0.1, 0.15) is 17.7 Å². The Morgan fingerprint density at radius 2 is 1.94 bits per heavy atom. The van der Waals surface area contributed by atoms with Crippen molar-refractivity contribution in [3.05, 3.63) is 29.6 Å². The summed E-state index contributed by atoms with van der Waals surface area (Å²) in [6.07, 6.45) is 6.30. The number of nitrogens with one attached hydrogen (secondary N) is 1. The molecule has 1 unspecified atom stereocenters. The Hall–Kier alpha value is -1.09. The summed E-state index contributed by atoms with van der Waals surface area (Å²) in [5.74, 6) is 0.642. The largest absolute Gasteiger partial charge is 0.490 e. The summed E-state index contributed by atoms with van der Waals surface area (Å²) in [5, 5.41) is 3.65. The molecule has 0 saturated carbocycles. The number of fused-ring (bicyclic) bond motifs is 2. The van der Waals surface area contributed by atoms with Crippen LogP contribution in [0.4, 0.5) is 4.39 Å². The van der Waals surface area contributed by atoms with E-state index in [2.05, 4.69) is 5.32 Å². The van der Waals surface area contributed by atoms with Gasteiger partial charge in [-0.3, -0.25) is 0 Å². The minimum Gasteiger partial charge on any atom is -0.490 e. The van der Waals surface area contributed by atoms with Crippen LogP contribution in [-0.2, 0) is 0 Å². The first-order chi connectivity index (χ1) is 8.70. The summed E-state index contributed by atoms with van der Waals surface area (Å²) < 4.78 is 19.2. The van der Waals surface area contributed by atoms with E-state index in [-0.39, 0.29) is 11.9 Å². The zero-order valence-electron chi connectivity index (χ0n) is 10.8. The molecule has 2 aliphatic rings. The Kier molecular flexibility index (Phi) is 3.25. The molecule has 3 rings (SSSR count). The second-order valence-electron chi connectivity index (χ2n) is 5.61. The van der Waals surface area contributed by atoms with Crippen LogP contribution in [-0.4, -0.2) is 18.2 Å². The average molecular weight is 249 g/mol. The molecule has 2 nitrogen and oxygen atoms in total. The Bertz CT molecular complexity index is 423. The molecule has 1 aromatic carbocycles. The van der Waals surface area contributed by atoms with Crippen molar-refractivity contribution in [3.63, 3.8) is 0 Å². The van der Waals surface area contributed by atoms with E-state index in [1.165, 1.54) is 25.3 Å². The SMILES string of the molecule is Cc1cc(OC2C[C@H]3CCC[C@@H](C2)N3)ccc1F. The monoisotopic (exact) mass is 249 g/mol. The third kappa shape index (κ3) is 2.51. The Morgan fingerprint density at radius 1 is 1.22 bits per heavy atom. The minimum atomic E-state index is -0.162. The molecular formula is C15H20FNO. The summed E-state index contributed by atoms with van der Waals surface area (Å²) in [6.45, 7) is 1.78. The second kappa shape index (κ2) is 4.88. The van der Waals surface area contributed by atoms with Gasteiger partial charge in [-0.15, -0.1) is 0 Å². The molecule has 0 amide bonds. The number of hydrogen-bond acceptors (Lipinski definition) is 2. The molecule has 1 aromatic rings. The fraction of sp³-hybridized carbons (Fsp3) is 0.600. The lowest BCUT2D eigenvalue weighted by Crippen LogP contribution is -2.51. The summed E-state index contributed by atoms with van der Waals surface area (Å²) in [6, 6.07) is 6.26. The number of hydrogen-bond donors (Lipinski definition) is 1. The van der Waals surface area contributed by atoms with Crippen LogP contribution in [0.2, 0.25) is 0 Å². The van der Waals surface area contributed by atoms with Crippen LogP contribution in [0.15, 0.2) is 18.2 Å². The molecular weight excluding hydrogens is 229 g/mol. The summed E-state index contributed by atoms with van der Waals surface area (Å²) >= 11 is 0. The number of piperidine rings is 2. The van der Waals surface area contributed by atoms with E-state index in [1.807, 2.05) is 0 Å². The molecule has 2 bridgehead atoms. The highest BCUT2D eigenvalue weighted by Crippen LogP contribution is 2.29. The molecule has 2 aliphatic heterocycles. The molecule has 2 saturated heterocycles. The number of rotatable bonds is 2. The van der Waals surface area contributed by atoms with E-state index < -0.39 is 0 Å². The van der Waals surface area contributed by atoms with Crippen molar-refractivity contribution in [1.82, 2.24) is 5.32 Å². The van der Waals surface area contributed by atoms with Gasteiger partial charge in [0.05, 0.1) is 0 Å². The average Bonchev–Trinajstić information content (AvgIpc) is 2.33. The van der Waals surface area contributed by atoms with Gasteiger partial charge in [-0.1, -0.05) is 6.42 Å². The van der Waals surface area contributed by atoms with E-state index in [0.717, 1.165) is 18.6 Å². The zero-order chi connectivity index (χ0) is 12.5. The molecule has 0 aliphatic carbocycles. The van der Waals surface area contributed by atoms with Gasteiger partial charge in [0.15, 0.2) is 0 Å². The van der Waals surface area contributed by atoms with Gasteiger partial charge in [0.2, 0.25) is 0 Å². The van der Waals surface area contributed by atoms with Gasteiger partial charge in [0, 0.05) is 12.1 Å². The second-order valence-corrected chi connectivity index (χ2v) is 5.61. The lowest BCUT2D eigenvalue weighted by atomic mass is 9.85. The summed E-state index contributed by atoms with van der Waals surface area (Å²) in [7, 11) is 0. The quantitative estimate of drug-likeness (QED) is 0.869. The Morgan fingerprint density at radius 3 is 2.61 bits per heavy atom. The van der Waals surface area contributed by atoms with Crippen molar-refractivity contribution in [2.45, 2.75) is 57.2 Å². The van der Waals surface area contributed by atoms with Crippen LogP contribution in [0.25, 0.3) is 0 Å². The first-order valence-corrected chi connectivity index (χ1v) is 6.89. The van der Waals surface area contributed by atoms with Gasteiger partial charge in [-0.05, 0) is 56.4 Å². The Labute approximate surface area is 108 Å². The van der Waals surface area contributed by atoms with Crippen LogP contribution in [0.3, 0.4) is 0 Å². The molecule has 0 radical (unpaired) electrons. The first kappa shape index (κ1) is 12.0. The first-order valence-electron chi connectivity index (χ1n) is 6.89. The van der Waals surface area contributed by atoms with Gasteiger partial charge < -0.3 is 10.1 Å². The normalized spacial score (nSPS) is 31.1. The predicted molar refractivity (Wildman–Crippen MR) is 69.3 cm³/mol. The van der Waals surface area contributed by atoms with Crippen LogP contribution in [0, 0.1) is 12.7 Å². The maximum atomic E-state index is 13.2. The van der Waals surface area contributed by atoms with Gasteiger partial charge in [-0.2, -0.15) is 0 Å². The molecule has 1 N–H and O–H groups in total. The minimum absolute atomic E-state index is 0.162. The van der Waals surface area contributed by atoms with Crippen molar-refractivity contribution >= 4 is 0 Å². The maximum absolute atomic E-state index is 13.2. The lowest BCUT2D eigenvalue weighted by molar-refractivity contribution is 0.0926. The molecule has 98 valence electrons. The molecule has 3 heteroatoms. The van der Waals surface area contributed by atoms with E-state index in [4.69, 9.17) is 4.74 Å². The lowest BCUT2D eigenvalue weighted by Gasteiger charge is -2.40. The van der Waals surface area contributed by atoms with Crippen molar-refractivity contribution in [1.29, 1.82) is 0 Å². The highest BCUT2D eigenvalue weighted by molar-refractivity contribution is 5.29. The Balaban J connectivity index is 1.67. The standard InChI is InChI=1S/C15H20FNO/c1-10-7-13(5-6-15(10)16)18-14-8-11-3-2-4-12(9-14)17-11/h5-7,11-12,14,17H,2-4,8-9H2,1H3/t11-,12+,14?. The van der Waals surface area contributed by atoms with Crippen molar-refractivity contribution < 1.29 is 9.13 Å². The van der Waals surface area contributed by atoms with Crippen LogP contribution in [0.1, 0.15) is 37.7 Å². The van der Waals surface area contributed by atoms with E-state index in [1.54, 1.807) is 19.1 Å². The van der Waals surface area contributed by atoms with E-state index in [9.17, 15) is 4.39 Å². The number of aryl methyl sites for hydroxylation is 1. The zero-order valence-corrected chi connectivity index (χ0v) is 10.8. The predicted octanol–water partition coefficient (Wildman–Crippen LogP) is 3.19. The molecule has 2 fully saturated rings. The van der Waals surface area contributed by atoms with Crippen LogP contribution < -0.4 is 10.1 Å². The van der Waals surface area contributed by atoms with Crippen molar-refractivity contribution in [2.75, 3.05) is 0 Å². The fourth-order valence-corrected chi connectivity index (χ4v) is 3.19. The molecule has 0 aromatic heterocycles. The van der Waals surface area contributed by atoms with E-state index in [0.29, 0.717) is 17.6 Å². The highest BCUT2D eigenvalue weighted by atomic mass is 19.1. The fourth-order valence-electron chi connectivity index (χ4n) is 3.19. The van der Waals surface area contributed by atoms with Crippen LogP contribution in [0.5, 0.6) is 5.75 Å². The maximum Gasteiger partial charge on any atom is 0.126 e. The van der Waals surface area contributed by atoms with Gasteiger partial charge in [0.25, 0.3) is 0 Å². The third-order valence-electron chi connectivity index (χ3n) is 4.10. The number of benzene rings is 1. The molecule has 3 atom stereocenters. The van der Waals surface area contributed by atoms with Crippen LogP contribution >= 0.6 is 0 Å². The van der Waals surface area contributed by atoms with E-state index >= 15 is 0 Å². The topological polar surface area (TPSA) is 21.3 Å². The van der Waals surface area contributed by atoms with Crippen molar-refractivity contribution in [2.24, 2.45) is 0 Å². The van der Waals surface area contributed by atoms with Gasteiger partial charge in [-0.25, -0.2) is 4.39 Å². The van der Waals surface area contributed by atoms with Gasteiger partial charge >= 0.3 is 0 Å². The highest BCUT2D eigenvalue weighted by Gasteiger charge is 2.32. The summed E-state index contributed by atoms with van der Waals surface area (Å²) in [4.78, 5) is 0. The van der Waals surface area contributed by atoms with Crippen molar-refractivity contribution in [3.8, 4) is 5.75 Å². The third-order valence-corrected chi connectivity index (χ3v) is 4.10.